The molecule has 1 saturated heterocycles. The van der Waals surface area contributed by atoms with Gasteiger partial charge in [0.25, 0.3) is 5.91 Å². The third-order valence-electron chi connectivity index (χ3n) is 7.00. The average Bonchev–Trinajstić information content (AvgIpc) is 2.83. The van der Waals surface area contributed by atoms with Crippen LogP contribution in [0.1, 0.15) is 42.2 Å². The summed E-state index contributed by atoms with van der Waals surface area (Å²) < 4.78 is 15.2. The van der Waals surface area contributed by atoms with E-state index in [0.29, 0.717) is 42.6 Å². The predicted octanol–water partition coefficient (Wildman–Crippen LogP) is 3.80. The molecule has 1 saturated carbocycles. The highest BCUT2D eigenvalue weighted by Gasteiger charge is 2.30. The number of hydrogen-bond acceptors (Lipinski definition) is 6. The number of carbonyl (C=O) groups is 1. The van der Waals surface area contributed by atoms with Gasteiger partial charge in [-0.15, -0.1) is 0 Å². The Balaban J connectivity index is 1.41. The van der Waals surface area contributed by atoms with Crippen molar-refractivity contribution in [3.8, 4) is 22.4 Å². The number of nitrogens with zero attached hydrogens (tertiary/aromatic N) is 5. The van der Waals surface area contributed by atoms with Crippen LogP contribution in [0, 0.1) is 5.82 Å². The number of pyridine rings is 1. The van der Waals surface area contributed by atoms with E-state index in [4.69, 9.17) is 5.73 Å². The molecule has 0 radical (unpaired) electrons. The second-order valence-corrected chi connectivity index (χ2v) is 8.98. The van der Waals surface area contributed by atoms with Crippen molar-refractivity contribution in [3.05, 3.63) is 59.9 Å². The van der Waals surface area contributed by atoms with Crippen molar-refractivity contribution in [3.63, 3.8) is 0 Å². The minimum atomic E-state index is -0.540. The Morgan fingerprint density at radius 2 is 1.82 bits per heavy atom. The van der Waals surface area contributed by atoms with E-state index in [1.54, 1.807) is 29.3 Å². The fourth-order valence-electron chi connectivity index (χ4n) is 4.81. The molecule has 1 aromatic carbocycles. The summed E-state index contributed by atoms with van der Waals surface area (Å²) >= 11 is 0. The molecular weight excluding hydrogens is 431 g/mol. The van der Waals surface area contributed by atoms with Gasteiger partial charge in [0.1, 0.15) is 18.0 Å². The van der Waals surface area contributed by atoms with Crippen LogP contribution in [0.4, 0.5) is 10.2 Å². The Kier molecular flexibility index (Phi) is 6.24. The zero-order valence-corrected chi connectivity index (χ0v) is 19.4. The van der Waals surface area contributed by atoms with E-state index in [0.717, 1.165) is 29.9 Å². The molecule has 2 aromatic heterocycles. The zero-order chi connectivity index (χ0) is 23.7. The van der Waals surface area contributed by atoms with Gasteiger partial charge in [0.2, 0.25) is 0 Å². The van der Waals surface area contributed by atoms with Crippen LogP contribution in [0.3, 0.4) is 0 Å². The van der Waals surface area contributed by atoms with Gasteiger partial charge in [0, 0.05) is 55.1 Å². The van der Waals surface area contributed by atoms with Crippen molar-refractivity contribution in [2.75, 3.05) is 31.9 Å². The van der Waals surface area contributed by atoms with E-state index in [-0.39, 0.29) is 11.5 Å². The molecule has 1 aliphatic heterocycles. The van der Waals surface area contributed by atoms with E-state index >= 15 is 4.39 Å². The average molecular weight is 461 g/mol. The Bertz CT molecular complexity index is 1190. The monoisotopic (exact) mass is 460 g/mol. The third kappa shape index (κ3) is 4.25. The third-order valence-corrected chi connectivity index (χ3v) is 7.00. The number of halogens is 1. The molecule has 7 nitrogen and oxygen atoms in total. The summed E-state index contributed by atoms with van der Waals surface area (Å²) in [6.45, 7) is 4.99. The molecule has 1 aliphatic carbocycles. The number of nitrogens with two attached hydrogens (primary N) is 1. The summed E-state index contributed by atoms with van der Waals surface area (Å²) in [5, 5.41) is 0. The van der Waals surface area contributed by atoms with E-state index in [1.165, 1.54) is 31.7 Å². The van der Waals surface area contributed by atoms with Crippen molar-refractivity contribution in [2.24, 2.45) is 0 Å². The molecule has 0 unspecified atom stereocenters. The van der Waals surface area contributed by atoms with Crippen molar-refractivity contribution < 1.29 is 9.18 Å². The quantitative estimate of drug-likeness (QED) is 0.623. The molecule has 0 atom stereocenters. The second kappa shape index (κ2) is 9.46. The van der Waals surface area contributed by atoms with Gasteiger partial charge >= 0.3 is 0 Å². The molecule has 1 amide bonds. The molecular formula is C26H29FN6O. The van der Waals surface area contributed by atoms with Crippen molar-refractivity contribution in [1.82, 2.24) is 24.8 Å². The van der Waals surface area contributed by atoms with Gasteiger partial charge < -0.3 is 10.6 Å². The van der Waals surface area contributed by atoms with Crippen LogP contribution in [0.5, 0.6) is 0 Å². The van der Waals surface area contributed by atoms with Gasteiger partial charge in [-0.2, -0.15) is 0 Å². The SMILES string of the molecule is CCc1ncnc(-c2ccc(C(=O)N3CCN(C4CCC4)CC3)c(F)c2)c1-c1ccc(N)nc1. The van der Waals surface area contributed by atoms with E-state index in [2.05, 4.69) is 19.9 Å². The fourth-order valence-corrected chi connectivity index (χ4v) is 4.81. The first-order valence-corrected chi connectivity index (χ1v) is 11.9. The van der Waals surface area contributed by atoms with Crippen molar-refractivity contribution >= 4 is 11.7 Å². The van der Waals surface area contributed by atoms with Crippen LogP contribution in [0.2, 0.25) is 0 Å². The molecule has 176 valence electrons. The lowest BCUT2D eigenvalue weighted by Gasteiger charge is -2.42. The van der Waals surface area contributed by atoms with Crippen molar-refractivity contribution in [2.45, 2.75) is 38.6 Å². The number of aromatic nitrogens is 3. The Morgan fingerprint density at radius 3 is 2.44 bits per heavy atom. The highest BCUT2D eigenvalue weighted by atomic mass is 19.1. The maximum absolute atomic E-state index is 15.2. The summed E-state index contributed by atoms with van der Waals surface area (Å²) in [4.78, 5) is 30.4. The molecule has 3 heterocycles. The lowest BCUT2D eigenvalue weighted by atomic mass is 9.91. The molecule has 5 rings (SSSR count). The van der Waals surface area contributed by atoms with Gasteiger partial charge in [-0.1, -0.05) is 19.4 Å². The lowest BCUT2D eigenvalue weighted by molar-refractivity contribution is 0.0452. The van der Waals surface area contributed by atoms with Crippen LogP contribution in [-0.4, -0.2) is 62.9 Å². The van der Waals surface area contributed by atoms with Gasteiger partial charge in [0.05, 0.1) is 17.0 Å². The molecule has 2 N–H and O–H groups in total. The zero-order valence-electron chi connectivity index (χ0n) is 19.4. The largest absolute Gasteiger partial charge is 0.384 e. The van der Waals surface area contributed by atoms with Crippen LogP contribution < -0.4 is 5.73 Å². The summed E-state index contributed by atoms with van der Waals surface area (Å²) in [6, 6.07) is 8.98. The van der Waals surface area contributed by atoms with Crippen molar-refractivity contribution in [1.29, 1.82) is 0 Å². The number of piperazine rings is 1. The number of carbonyl (C=O) groups excluding carboxylic acids is 1. The number of benzene rings is 1. The van der Waals surface area contributed by atoms with Gasteiger partial charge in [-0.25, -0.2) is 19.3 Å². The molecule has 0 spiro atoms. The highest BCUT2D eigenvalue weighted by molar-refractivity contribution is 5.95. The van der Waals surface area contributed by atoms with E-state index < -0.39 is 5.82 Å². The second-order valence-electron chi connectivity index (χ2n) is 8.98. The normalized spacial score (nSPS) is 16.9. The summed E-state index contributed by atoms with van der Waals surface area (Å²) in [5.41, 5.74) is 9.48. The van der Waals surface area contributed by atoms with E-state index in [9.17, 15) is 4.79 Å². The Morgan fingerprint density at radius 1 is 1.06 bits per heavy atom. The standard InChI is InChI=1S/C26H29FN6O/c1-2-22-24(18-7-9-23(28)29-15-18)25(31-16-30-22)17-6-8-20(21(27)14-17)26(34)33-12-10-32(11-13-33)19-4-3-5-19/h6-9,14-16,19H,2-5,10-13H2,1H3,(H2,28,29). The highest BCUT2D eigenvalue weighted by Crippen LogP contribution is 2.33. The molecule has 2 aliphatic rings. The van der Waals surface area contributed by atoms with Gasteiger partial charge in [-0.05, 0) is 43.5 Å². The topological polar surface area (TPSA) is 88.2 Å². The number of anilines is 1. The molecule has 0 bridgehead atoms. The molecule has 8 heteroatoms. The maximum Gasteiger partial charge on any atom is 0.256 e. The van der Waals surface area contributed by atoms with Gasteiger partial charge in [-0.3, -0.25) is 9.69 Å². The summed E-state index contributed by atoms with van der Waals surface area (Å²) in [5.74, 6) is -0.373. The smallest absolute Gasteiger partial charge is 0.256 e. The van der Waals surface area contributed by atoms with Crippen LogP contribution in [-0.2, 0) is 6.42 Å². The number of rotatable bonds is 5. The maximum atomic E-state index is 15.2. The summed E-state index contributed by atoms with van der Waals surface area (Å²) in [6.07, 6.45) is 7.64. The minimum Gasteiger partial charge on any atom is -0.384 e. The minimum absolute atomic E-state index is 0.0984. The number of hydrogen-bond donors (Lipinski definition) is 1. The van der Waals surface area contributed by atoms with Gasteiger partial charge in [0.15, 0.2) is 0 Å². The number of amides is 1. The van der Waals surface area contributed by atoms with Crippen LogP contribution in [0.25, 0.3) is 22.4 Å². The Labute approximate surface area is 198 Å². The first-order chi connectivity index (χ1) is 16.5. The summed E-state index contributed by atoms with van der Waals surface area (Å²) in [7, 11) is 0. The van der Waals surface area contributed by atoms with Crippen LogP contribution >= 0.6 is 0 Å². The van der Waals surface area contributed by atoms with Crippen LogP contribution in [0.15, 0.2) is 42.9 Å². The molecule has 2 fully saturated rings. The molecule has 34 heavy (non-hydrogen) atoms. The van der Waals surface area contributed by atoms with E-state index in [1.807, 2.05) is 13.0 Å². The fraction of sp³-hybridized carbons (Fsp3) is 0.385. The first-order valence-electron chi connectivity index (χ1n) is 11.9. The number of nitrogen functional groups attached to an aromatic ring is 1. The number of aryl methyl sites for hydroxylation is 1. The predicted molar refractivity (Wildman–Crippen MR) is 130 cm³/mol. The molecule has 3 aromatic rings. The lowest BCUT2D eigenvalue weighted by Crippen LogP contribution is -2.53. The first kappa shape index (κ1) is 22.4. The Hall–Kier alpha value is -3.39.